The minimum Gasteiger partial charge on any atom is -0.426 e. The number of carbonyl (C=O) groups excluding carboxylic acids is 4. The first-order valence-corrected chi connectivity index (χ1v) is 15.2. The number of nitro groups is 1. The zero-order valence-corrected chi connectivity index (χ0v) is 24.7. The van der Waals surface area contributed by atoms with Crippen LogP contribution in [0.3, 0.4) is 0 Å². The monoisotopic (exact) mass is 613 g/mol. The highest BCUT2D eigenvalue weighted by atomic mass is 16.6. The molecule has 3 amide bonds. The van der Waals surface area contributed by atoms with E-state index in [2.05, 4.69) is 24.3 Å². The molecule has 3 atom stereocenters. The number of anilines is 2. The molecule has 0 spiro atoms. The molecule has 3 aliphatic carbocycles. The van der Waals surface area contributed by atoms with Crippen LogP contribution in [-0.4, -0.2) is 35.2 Å². The van der Waals surface area contributed by atoms with E-state index in [9.17, 15) is 29.3 Å². The molecule has 2 fully saturated rings. The quantitative estimate of drug-likeness (QED) is 0.0988. The van der Waals surface area contributed by atoms with Gasteiger partial charge in [-0.25, -0.2) is 4.90 Å². The molecule has 4 aromatic carbocycles. The molecule has 2 saturated heterocycles. The van der Waals surface area contributed by atoms with Crippen molar-refractivity contribution in [3.05, 3.63) is 129 Å². The number of hydrogen-bond donors (Lipinski definition) is 0. The van der Waals surface area contributed by atoms with Gasteiger partial charge in [0.05, 0.1) is 28.4 Å². The van der Waals surface area contributed by atoms with Gasteiger partial charge < -0.3 is 9.64 Å². The number of rotatable bonds is 5. The van der Waals surface area contributed by atoms with E-state index in [0.717, 1.165) is 22.3 Å². The van der Waals surface area contributed by atoms with Crippen molar-refractivity contribution >= 4 is 40.8 Å². The summed E-state index contributed by atoms with van der Waals surface area (Å²) in [7, 11) is 0. The van der Waals surface area contributed by atoms with Gasteiger partial charge in [-0.1, -0.05) is 48.5 Å². The van der Waals surface area contributed by atoms with Crippen LogP contribution in [0.15, 0.2) is 91.0 Å². The zero-order chi connectivity index (χ0) is 31.9. The highest BCUT2D eigenvalue weighted by Crippen LogP contribution is 2.61. The molecule has 228 valence electrons. The molecule has 2 heterocycles. The fourth-order valence-electron chi connectivity index (χ4n) is 7.93. The Balaban J connectivity index is 1.02. The zero-order valence-electron chi connectivity index (χ0n) is 24.7. The predicted octanol–water partition coefficient (Wildman–Crippen LogP) is 5.26. The Labute approximate surface area is 263 Å². The van der Waals surface area contributed by atoms with Crippen molar-refractivity contribution in [3.8, 4) is 5.75 Å². The smallest absolute Gasteiger partial charge is 0.316 e. The van der Waals surface area contributed by atoms with Gasteiger partial charge in [0, 0.05) is 42.6 Å². The molecule has 46 heavy (non-hydrogen) atoms. The van der Waals surface area contributed by atoms with Gasteiger partial charge in [0.2, 0.25) is 17.7 Å². The lowest BCUT2D eigenvalue weighted by atomic mass is 9.55. The Kier molecular flexibility index (Phi) is 6.18. The molecular weight excluding hydrogens is 586 g/mol. The second-order valence-electron chi connectivity index (χ2n) is 12.3. The third kappa shape index (κ3) is 4.02. The summed E-state index contributed by atoms with van der Waals surface area (Å²) in [5.41, 5.74) is 5.84. The van der Waals surface area contributed by atoms with E-state index in [0.29, 0.717) is 16.9 Å². The van der Waals surface area contributed by atoms with Crippen molar-refractivity contribution in [2.45, 2.75) is 25.2 Å². The van der Waals surface area contributed by atoms with Gasteiger partial charge >= 0.3 is 5.97 Å². The molecule has 0 unspecified atom stereocenters. The lowest BCUT2D eigenvalue weighted by Gasteiger charge is -2.45. The summed E-state index contributed by atoms with van der Waals surface area (Å²) in [4.78, 5) is 67.2. The standard InChI is InChI=1S/C36H27N3O7/c1-19-16-23(46-36(43)20-17-29(40)37(18-20)21-10-12-22(13-11-21)39(44)45)14-15-28(19)38-34(41)32-30-24-6-2-3-7-25(24)31(33(32)35(38)42)27-9-5-4-8-26(27)30/h2-16,20,30-33H,17-18H2,1H3/t20-,30?,31?,32+,33+/m1/s1. The van der Waals surface area contributed by atoms with Crippen LogP contribution in [0.4, 0.5) is 17.1 Å². The number of ether oxygens (including phenoxy) is 1. The number of nitrogens with zero attached hydrogens (tertiary/aromatic N) is 3. The average Bonchev–Trinajstić information content (AvgIpc) is 3.58. The minimum absolute atomic E-state index is 0.0560. The summed E-state index contributed by atoms with van der Waals surface area (Å²) in [6.45, 7) is 1.85. The van der Waals surface area contributed by atoms with Crippen LogP contribution in [0.2, 0.25) is 0 Å². The van der Waals surface area contributed by atoms with Crippen molar-refractivity contribution in [2.24, 2.45) is 17.8 Å². The Morgan fingerprint density at radius 1 is 0.804 bits per heavy atom. The molecule has 2 aliphatic heterocycles. The third-order valence-corrected chi connectivity index (χ3v) is 9.91. The molecule has 0 saturated carbocycles. The van der Waals surface area contributed by atoms with Gasteiger partial charge in [-0.05, 0) is 65.1 Å². The third-order valence-electron chi connectivity index (χ3n) is 9.91. The van der Waals surface area contributed by atoms with E-state index in [-0.39, 0.29) is 54.0 Å². The first-order valence-electron chi connectivity index (χ1n) is 15.2. The number of imide groups is 1. The summed E-state index contributed by atoms with van der Waals surface area (Å²) in [5, 5.41) is 11.0. The van der Waals surface area contributed by atoms with Crippen molar-refractivity contribution in [1.29, 1.82) is 0 Å². The normalized spacial score (nSPS) is 24.1. The number of non-ortho nitro benzene ring substituents is 1. The SMILES string of the molecule is Cc1cc(OC(=O)[C@@H]2CC(=O)N(c3ccc([N+](=O)[O-])cc3)C2)ccc1N1C(=O)[C@H]2C3c4ccccc4C(c4ccccc43)[C@@H]2C1=O. The Hall–Kier alpha value is -5.64. The van der Waals surface area contributed by atoms with Gasteiger partial charge in [0.15, 0.2) is 0 Å². The summed E-state index contributed by atoms with van der Waals surface area (Å²) >= 11 is 0. The van der Waals surface area contributed by atoms with Crippen molar-refractivity contribution in [3.63, 3.8) is 0 Å². The van der Waals surface area contributed by atoms with E-state index in [1.807, 2.05) is 24.3 Å². The largest absolute Gasteiger partial charge is 0.426 e. The van der Waals surface area contributed by atoms with E-state index < -0.39 is 28.6 Å². The molecule has 0 N–H and O–H groups in total. The number of esters is 1. The molecule has 0 aromatic heterocycles. The van der Waals surface area contributed by atoms with Crippen LogP contribution in [-0.2, 0) is 19.2 Å². The summed E-state index contributed by atoms with van der Waals surface area (Å²) < 4.78 is 5.66. The lowest BCUT2D eigenvalue weighted by Crippen LogP contribution is -2.41. The van der Waals surface area contributed by atoms with Gasteiger partial charge in [-0.3, -0.25) is 29.3 Å². The second kappa shape index (κ2) is 10.2. The van der Waals surface area contributed by atoms with Gasteiger partial charge in [-0.2, -0.15) is 0 Å². The molecule has 0 radical (unpaired) electrons. The first-order chi connectivity index (χ1) is 22.2. The summed E-state index contributed by atoms with van der Waals surface area (Å²) in [6, 6.07) is 26.6. The highest BCUT2D eigenvalue weighted by molar-refractivity contribution is 6.23. The van der Waals surface area contributed by atoms with E-state index in [4.69, 9.17) is 4.74 Å². The van der Waals surface area contributed by atoms with Crippen molar-refractivity contribution < 1.29 is 28.8 Å². The molecule has 2 bridgehead atoms. The molecule has 5 aliphatic rings. The molecule has 9 rings (SSSR count). The second-order valence-corrected chi connectivity index (χ2v) is 12.3. The minimum atomic E-state index is -0.730. The molecular formula is C36H27N3O7. The van der Waals surface area contributed by atoms with Crippen LogP contribution in [0.5, 0.6) is 5.75 Å². The summed E-state index contributed by atoms with van der Waals surface area (Å²) in [5.74, 6) is -3.22. The van der Waals surface area contributed by atoms with Gasteiger partial charge in [-0.15, -0.1) is 0 Å². The molecule has 4 aromatic rings. The average molecular weight is 614 g/mol. The topological polar surface area (TPSA) is 127 Å². The Morgan fingerprint density at radius 2 is 1.35 bits per heavy atom. The number of carbonyl (C=O) groups is 4. The van der Waals surface area contributed by atoms with Crippen LogP contribution in [0, 0.1) is 34.8 Å². The van der Waals surface area contributed by atoms with Gasteiger partial charge in [0.1, 0.15) is 5.75 Å². The summed E-state index contributed by atoms with van der Waals surface area (Å²) in [6.07, 6.45) is -0.0560. The van der Waals surface area contributed by atoms with Crippen molar-refractivity contribution in [1.82, 2.24) is 0 Å². The molecule has 10 nitrogen and oxygen atoms in total. The van der Waals surface area contributed by atoms with E-state index in [1.165, 1.54) is 34.1 Å². The Bertz CT molecular complexity index is 1890. The highest BCUT2D eigenvalue weighted by Gasteiger charge is 2.61. The van der Waals surface area contributed by atoms with Crippen LogP contribution in [0.1, 0.15) is 46.1 Å². The first kappa shape index (κ1) is 27.9. The predicted molar refractivity (Wildman–Crippen MR) is 166 cm³/mol. The van der Waals surface area contributed by atoms with Crippen LogP contribution >= 0.6 is 0 Å². The number of benzene rings is 4. The fourth-order valence-corrected chi connectivity index (χ4v) is 7.93. The van der Waals surface area contributed by atoms with Gasteiger partial charge in [0.25, 0.3) is 5.69 Å². The maximum atomic E-state index is 14.1. The fraction of sp³-hybridized carbons (Fsp3) is 0.222. The Morgan fingerprint density at radius 3 is 1.85 bits per heavy atom. The lowest BCUT2D eigenvalue weighted by molar-refractivity contribution is -0.384. The van der Waals surface area contributed by atoms with E-state index in [1.54, 1.807) is 25.1 Å². The van der Waals surface area contributed by atoms with Crippen LogP contribution in [0.25, 0.3) is 0 Å². The maximum absolute atomic E-state index is 14.1. The number of nitro benzene ring substituents is 1. The number of aryl methyl sites for hydroxylation is 1. The molecule has 10 heteroatoms. The van der Waals surface area contributed by atoms with E-state index >= 15 is 0 Å². The maximum Gasteiger partial charge on any atom is 0.316 e. The number of hydrogen-bond acceptors (Lipinski definition) is 7. The van der Waals surface area contributed by atoms with Crippen molar-refractivity contribution in [2.75, 3.05) is 16.3 Å². The van der Waals surface area contributed by atoms with Crippen LogP contribution < -0.4 is 14.5 Å². The number of amides is 3.